The van der Waals surface area contributed by atoms with Crippen molar-refractivity contribution in [2.24, 2.45) is 23.7 Å². The van der Waals surface area contributed by atoms with Gasteiger partial charge in [-0.1, -0.05) is 34.1 Å². The number of hydrogen-bond donors (Lipinski definition) is 1. The first kappa shape index (κ1) is 16.5. The summed E-state index contributed by atoms with van der Waals surface area (Å²) in [5.41, 5.74) is 0. The van der Waals surface area contributed by atoms with Gasteiger partial charge in [-0.2, -0.15) is 0 Å². The van der Waals surface area contributed by atoms with E-state index in [9.17, 15) is 4.79 Å². The van der Waals surface area contributed by atoms with E-state index in [0.29, 0.717) is 11.8 Å². The van der Waals surface area contributed by atoms with Gasteiger partial charge in [0.05, 0.1) is 0 Å². The molecule has 0 spiro atoms. The van der Waals surface area contributed by atoms with Gasteiger partial charge in [0, 0.05) is 12.5 Å². The molecule has 1 N–H and O–H groups in total. The summed E-state index contributed by atoms with van der Waals surface area (Å²) in [6, 6.07) is 0. The summed E-state index contributed by atoms with van der Waals surface area (Å²) in [6.07, 6.45) is 8.25. The first-order chi connectivity index (χ1) is 9.04. The van der Waals surface area contributed by atoms with Gasteiger partial charge in [0.2, 0.25) is 5.91 Å². The molecule has 0 aliphatic heterocycles. The van der Waals surface area contributed by atoms with Gasteiger partial charge in [0.25, 0.3) is 0 Å². The first-order valence-electron chi connectivity index (χ1n) is 8.32. The zero-order valence-electron chi connectivity index (χ0n) is 13.4. The fourth-order valence-corrected chi connectivity index (χ4v) is 2.99. The molecule has 0 heterocycles. The number of carbonyl (C=O) groups excluding carboxylic acids is 1. The lowest BCUT2D eigenvalue weighted by atomic mass is 9.82. The van der Waals surface area contributed by atoms with Gasteiger partial charge in [-0.3, -0.25) is 4.79 Å². The molecule has 1 saturated carbocycles. The third kappa shape index (κ3) is 5.97. The van der Waals surface area contributed by atoms with Crippen LogP contribution < -0.4 is 5.32 Å². The van der Waals surface area contributed by atoms with E-state index in [1.807, 2.05) is 0 Å². The van der Waals surface area contributed by atoms with Gasteiger partial charge in [-0.15, -0.1) is 0 Å². The molecule has 1 amide bonds. The Kier molecular flexibility index (Phi) is 7.48. The second-order valence-electron chi connectivity index (χ2n) is 6.75. The summed E-state index contributed by atoms with van der Waals surface area (Å²) < 4.78 is 0. The lowest BCUT2D eigenvalue weighted by Gasteiger charge is -2.25. The molecule has 0 aromatic heterocycles. The Bertz CT molecular complexity index is 256. The third-order valence-electron chi connectivity index (χ3n) is 5.14. The number of rotatable bonds is 7. The summed E-state index contributed by atoms with van der Waals surface area (Å²) in [6.45, 7) is 10.1. The largest absolute Gasteiger partial charge is 0.356 e. The van der Waals surface area contributed by atoms with Crippen molar-refractivity contribution in [3.63, 3.8) is 0 Å². The van der Waals surface area contributed by atoms with Gasteiger partial charge in [0.1, 0.15) is 0 Å². The lowest BCUT2D eigenvalue weighted by molar-refractivity contribution is -0.126. The van der Waals surface area contributed by atoms with Crippen LogP contribution >= 0.6 is 0 Å². The van der Waals surface area contributed by atoms with Crippen LogP contribution in [0.4, 0.5) is 0 Å². The normalized spacial score (nSPS) is 26.7. The van der Waals surface area contributed by atoms with Crippen LogP contribution in [0, 0.1) is 23.7 Å². The molecule has 2 nitrogen and oxygen atoms in total. The van der Waals surface area contributed by atoms with Crippen LogP contribution in [0.3, 0.4) is 0 Å². The van der Waals surface area contributed by atoms with Crippen molar-refractivity contribution >= 4 is 5.91 Å². The molecule has 0 aromatic carbocycles. The van der Waals surface area contributed by atoms with Crippen molar-refractivity contribution in [1.82, 2.24) is 5.32 Å². The van der Waals surface area contributed by atoms with Gasteiger partial charge >= 0.3 is 0 Å². The fraction of sp³-hybridized carbons (Fsp3) is 0.941. The minimum Gasteiger partial charge on any atom is -0.356 e. The summed E-state index contributed by atoms with van der Waals surface area (Å²) in [5.74, 6) is 3.00. The van der Waals surface area contributed by atoms with E-state index < -0.39 is 0 Å². The molecule has 1 aliphatic carbocycles. The number of carbonyl (C=O) groups is 1. The van der Waals surface area contributed by atoms with Crippen molar-refractivity contribution in [1.29, 1.82) is 0 Å². The first-order valence-corrected chi connectivity index (χ1v) is 8.32. The average Bonchev–Trinajstić information content (AvgIpc) is 2.42. The van der Waals surface area contributed by atoms with Crippen molar-refractivity contribution < 1.29 is 4.79 Å². The molecule has 1 fully saturated rings. The molecule has 112 valence electrons. The highest BCUT2D eigenvalue weighted by atomic mass is 16.1. The Morgan fingerprint density at radius 1 is 1.16 bits per heavy atom. The van der Waals surface area contributed by atoms with E-state index in [-0.39, 0.29) is 0 Å². The van der Waals surface area contributed by atoms with E-state index in [1.54, 1.807) is 0 Å². The minimum absolute atomic E-state index is 0.295. The van der Waals surface area contributed by atoms with E-state index in [2.05, 4.69) is 33.0 Å². The molecular formula is C17H33NO. The average molecular weight is 267 g/mol. The number of hydrogen-bond acceptors (Lipinski definition) is 1. The highest BCUT2D eigenvalue weighted by molar-refractivity contribution is 5.78. The molecule has 1 rings (SSSR count). The predicted molar refractivity (Wildman–Crippen MR) is 82.0 cm³/mol. The highest BCUT2D eigenvalue weighted by Gasteiger charge is 2.23. The molecule has 1 aliphatic rings. The third-order valence-corrected chi connectivity index (χ3v) is 5.14. The maximum absolute atomic E-state index is 12.0. The summed E-state index contributed by atoms with van der Waals surface area (Å²) >= 11 is 0. The molecule has 0 aromatic rings. The van der Waals surface area contributed by atoms with Crippen molar-refractivity contribution in [2.45, 2.75) is 72.6 Å². The van der Waals surface area contributed by atoms with Crippen LogP contribution in [-0.4, -0.2) is 12.5 Å². The van der Waals surface area contributed by atoms with Crippen LogP contribution in [0.5, 0.6) is 0 Å². The molecule has 0 radical (unpaired) electrons. The maximum Gasteiger partial charge on any atom is 0.223 e. The van der Waals surface area contributed by atoms with Gasteiger partial charge in [-0.25, -0.2) is 0 Å². The lowest BCUT2D eigenvalue weighted by Crippen LogP contribution is -2.33. The van der Waals surface area contributed by atoms with Crippen LogP contribution in [0.25, 0.3) is 0 Å². The molecule has 0 bridgehead atoms. The van der Waals surface area contributed by atoms with Crippen LogP contribution in [0.1, 0.15) is 72.6 Å². The second kappa shape index (κ2) is 8.60. The van der Waals surface area contributed by atoms with Crippen molar-refractivity contribution in [3.8, 4) is 0 Å². The highest BCUT2D eigenvalue weighted by Crippen LogP contribution is 2.28. The van der Waals surface area contributed by atoms with Gasteiger partial charge in [-0.05, 0) is 56.3 Å². The molecule has 2 unspecified atom stereocenters. The van der Waals surface area contributed by atoms with E-state index in [4.69, 9.17) is 0 Å². The molecular weight excluding hydrogens is 234 g/mol. The molecule has 19 heavy (non-hydrogen) atoms. The van der Waals surface area contributed by atoms with Gasteiger partial charge in [0.15, 0.2) is 0 Å². The van der Waals surface area contributed by atoms with Gasteiger partial charge < -0.3 is 5.32 Å². The fourth-order valence-electron chi connectivity index (χ4n) is 2.99. The van der Waals surface area contributed by atoms with Crippen LogP contribution in [0.15, 0.2) is 0 Å². The topological polar surface area (TPSA) is 29.1 Å². The quantitative estimate of drug-likeness (QED) is 0.681. The maximum atomic E-state index is 12.0. The van der Waals surface area contributed by atoms with E-state index in [0.717, 1.165) is 43.6 Å². The van der Waals surface area contributed by atoms with Crippen molar-refractivity contribution in [3.05, 3.63) is 0 Å². The number of amides is 1. The minimum atomic E-state index is 0.295. The Morgan fingerprint density at radius 3 is 2.37 bits per heavy atom. The molecule has 0 saturated heterocycles. The van der Waals surface area contributed by atoms with E-state index >= 15 is 0 Å². The SMILES string of the molecule is CCC(C)C(C)CCCNC(=O)C1CCC(C)CC1. The summed E-state index contributed by atoms with van der Waals surface area (Å²) in [4.78, 5) is 12.0. The van der Waals surface area contributed by atoms with Crippen molar-refractivity contribution in [2.75, 3.05) is 6.54 Å². The van der Waals surface area contributed by atoms with E-state index in [1.165, 1.54) is 25.7 Å². The second-order valence-corrected chi connectivity index (χ2v) is 6.75. The summed E-state index contributed by atoms with van der Waals surface area (Å²) in [7, 11) is 0. The molecule has 2 atom stereocenters. The Morgan fingerprint density at radius 2 is 1.79 bits per heavy atom. The Labute approximate surface area is 119 Å². The monoisotopic (exact) mass is 267 g/mol. The number of nitrogens with one attached hydrogen (secondary N) is 1. The zero-order chi connectivity index (χ0) is 14.3. The molecule has 2 heteroatoms. The Hall–Kier alpha value is -0.530. The predicted octanol–water partition coefficient (Wildman–Crippen LogP) is 4.39. The standard InChI is InChI=1S/C17H33NO/c1-5-14(3)15(4)7-6-12-18-17(19)16-10-8-13(2)9-11-16/h13-16H,5-12H2,1-4H3,(H,18,19). The van der Waals surface area contributed by atoms with Crippen LogP contribution in [0.2, 0.25) is 0 Å². The zero-order valence-corrected chi connectivity index (χ0v) is 13.4. The van der Waals surface area contributed by atoms with Crippen LogP contribution in [-0.2, 0) is 4.79 Å². The summed E-state index contributed by atoms with van der Waals surface area (Å²) in [5, 5.41) is 3.14. The Balaban J connectivity index is 2.10. The smallest absolute Gasteiger partial charge is 0.223 e.